The van der Waals surface area contributed by atoms with Gasteiger partial charge in [-0.25, -0.2) is 0 Å². The van der Waals surface area contributed by atoms with E-state index in [1.807, 2.05) is 27.0 Å². The number of nitro groups is 1. The van der Waals surface area contributed by atoms with Crippen LogP contribution in [0.4, 0.5) is 11.4 Å². The highest BCUT2D eigenvalue weighted by Gasteiger charge is 2.08. The molecule has 0 unspecified atom stereocenters. The highest BCUT2D eigenvalue weighted by Crippen LogP contribution is 2.18. The van der Waals surface area contributed by atoms with Gasteiger partial charge >= 0.3 is 0 Å². The first-order valence-electron chi connectivity index (χ1n) is 6.18. The normalized spacial score (nSPS) is 11.4. The molecule has 0 fully saturated rings. The van der Waals surface area contributed by atoms with E-state index in [1.54, 1.807) is 12.1 Å². The average Bonchev–Trinajstić information content (AvgIpc) is 2.76. The summed E-state index contributed by atoms with van der Waals surface area (Å²) in [4.78, 5) is 13.4. The minimum atomic E-state index is -0.428. The number of nitrogens with one attached hydrogen (secondary N) is 2. The maximum Gasteiger partial charge on any atom is 0.271 e. The summed E-state index contributed by atoms with van der Waals surface area (Å²) in [5, 5.41) is 15.0. The van der Waals surface area contributed by atoms with Crippen molar-refractivity contribution in [1.29, 1.82) is 0 Å². The molecular formula is C14H16N4O2. The van der Waals surface area contributed by atoms with Gasteiger partial charge < -0.3 is 4.98 Å². The molecule has 1 aromatic carbocycles. The van der Waals surface area contributed by atoms with Crippen LogP contribution < -0.4 is 5.43 Å². The molecule has 20 heavy (non-hydrogen) atoms. The number of non-ortho nitro benzene ring substituents is 1. The largest absolute Gasteiger partial charge is 0.364 e. The van der Waals surface area contributed by atoms with Crippen LogP contribution in [0, 0.1) is 24.0 Å². The van der Waals surface area contributed by atoms with Crippen molar-refractivity contribution in [3.8, 4) is 0 Å². The molecule has 0 aliphatic rings. The van der Waals surface area contributed by atoms with E-state index in [1.165, 1.54) is 12.1 Å². The molecule has 0 radical (unpaired) electrons. The predicted molar refractivity (Wildman–Crippen MR) is 79.2 cm³/mol. The highest BCUT2D eigenvalue weighted by molar-refractivity contribution is 6.01. The third-order valence-corrected chi connectivity index (χ3v) is 3.05. The van der Waals surface area contributed by atoms with E-state index in [2.05, 4.69) is 15.5 Å². The van der Waals surface area contributed by atoms with E-state index in [-0.39, 0.29) is 5.69 Å². The number of hydrogen-bond acceptors (Lipinski definition) is 4. The zero-order valence-corrected chi connectivity index (χ0v) is 11.6. The van der Waals surface area contributed by atoms with E-state index >= 15 is 0 Å². The SMILES string of the molecule is C/C(=N\Nc1cccc([N+](=O)[O-])c1)c1c(C)c[nH]c1C. The van der Waals surface area contributed by atoms with Gasteiger partial charge in [0.25, 0.3) is 5.69 Å². The van der Waals surface area contributed by atoms with E-state index in [9.17, 15) is 10.1 Å². The van der Waals surface area contributed by atoms with Gasteiger partial charge in [-0.1, -0.05) is 6.07 Å². The first kappa shape index (κ1) is 13.8. The van der Waals surface area contributed by atoms with Gasteiger partial charge in [0.05, 0.1) is 16.3 Å². The Kier molecular flexibility index (Phi) is 3.84. The lowest BCUT2D eigenvalue weighted by Gasteiger charge is -2.04. The molecule has 2 N–H and O–H groups in total. The van der Waals surface area contributed by atoms with Crippen molar-refractivity contribution in [1.82, 2.24) is 4.98 Å². The van der Waals surface area contributed by atoms with Crippen LogP contribution >= 0.6 is 0 Å². The Bertz CT molecular complexity index is 654. The summed E-state index contributed by atoms with van der Waals surface area (Å²) in [6.45, 7) is 5.88. The molecule has 6 heteroatoms. The number of benzene rings is 1. The fourth-order valence-corrected chi connectivity index (χ4v) is 2.11. The Labute approximate surface area is 116 Å². The van der Waals surface area contributed by atoms with Gasteiger partial charge in [0.2, 0.25) is 0 Å². The van der Waals surface area contributed by atoms with E-state index in [0.29, 0.717) is 5.69 Å². The topological polar surface area (TPSA) is 83.3 Å². The lowest BCUT2D eigenvalue weighted by Crippen LogP contribution is -2.02. The van der Waals surface area contributed by atoms with Gasteiger partial charge in [-0.15, -0.1) is 0 Å². The molecule has 0 amide bonds. The molecule has 2 rings (SSSR count). The van der Waals surface area contributed by atoms with Gasteiger partial charge in [0, 0.05) is 29.6 Å². The van der Waals surface area contributed by atoms with Crippen molar-refractivity contribution in [2.24, 2.45) is 5.10 Å². The third kappa shape index (κ3) is 2.85. The number of rotatable bonds is 4. The number of hydrogen-bond donors (Lipinski definition) is 2. The quantitative estimate of drug-likeness (QED) is 0.508. The first-order chi connectivity index (χ1) is 9.49. The number of anilines is 1. The van der Waals surface area contributed by atoms with E-state index in [4.69, 9.17) is 0 Å². The summed E-state index contributed by atoms with van der Waals surface area (Å²) in [5.41, 5.74) is 7.52. The zero-order valence-electron chi connectivity index (χ0n) is 11.6. The minimum absolute atomic E-state index is 0.0388. The van der Waals surface area contributed by atoms with Crippen molar-refractivity contribution >= 4 is 17.1 Å². The third-order valence-electron chi connectivity index (χ3n) is 3.05. The Balaban J connectivity index is 2.21. The maximum absolute atomic E-state index is 10.7. The highest BCUT2D eigenvalue weighted by atomic mass is 16.6. The summed E-state index contributed by atoms with van der Waals surface area (Å²) in [7, 11) is 0. The molecule has 0 atom stereocenters. The van der Waals surface area contributed by atoms with E-state index in [0.717, 1.165) is 22.5 Å². The van der Waals surface area contributed by atoms with Crippen molar-refractivity contribution in [3.05, 3.63) is 57.4 Å². The smallest absolute Gasteiger partial charge is 0.271 e. The molecular weight excluding hydrogens is 256 g/mol. The molecule has 1 heterocycles. The summed E-state index contributed by atoms with van der Waals surface area (Å²) >= 11 is 0. The number of hydrazone groups is 1. The molecule has 0 bridgehead atoms. The van der Waals surface area contributed by atoms with Gasteiger partial charge in [-0.3, -0.25) is 15.5 Å². The lowest BCUT2D eigenvalue weighted by molar-refractivity contribution is -0.384. The van der Waals surface area contributed by atoms with Crippen LogP contribution in [0.1, 0.15) is 23.7 Å². The number of aryl methyl sites for hydroxylation is 2. The molecule has 0 spiro atoms. The molecule has 0 aliphatic heterocycles. The van der Waals surface area contributed by atoms with Crippen LogP contribution in [-0.2, 0) is 0 Å². The van der Waals surface area contributed by atoms with Crippen LogP contribution in [0.5, 0.6) is 0 Å². The lowest BCUT2D eigenvalue weighted by atomic mass is 10.1. The van der Waals surface area contributed by atoms with Gasteiger partial charge in [-0.05, 0) is 32.4 Å². The second kappa shape index (κ2) is 5.56. The average molecular weight is 272 g/mol. The van der Waals surface area contributed by atoms with Gasteiger partial charge in [0.15, 0.2) is 0 Å². The van der Waals surface area contributed by atoms with Crippen molar-refractivity contribution in [2.45, 2.75) is 20.8 Å². The van der Waals surface area contributed by atoms with Crippen molar-refractivity contribution in [3.63, 3.8) is 0 Å². The van der Waals surface area contributed by atoms with Gasteiger partial charge in [0.1, 0.15) is 0 Å². The number of nitrogens with zero attached hydrogens (tertiary/aromatic N) is 2. The Morgan fingerprint density at radius 3 is 2.75 bits per heavy atom. The standard InChI is InChI=1S/C14H16N4O2/c1-9-8-15-10(2)14(9)11(3)16-17-12-5-4-6-13(7-12)18(19)20/h4-8,15,17H,1-3H3/b16-11+. The summed E-state index contributed by atoms with van der Waals surface area (Å²) in [5.74, 6) is 0. The summed E-state index contributed by atoms with van der Waals surface area (Å²) in [6.07, 6.45) is 1.93. The van der Waals surface area contributed by atoms with Crippen molar-refractivity contribution in [2.75, 3.05) is 5.43 Å². The summed E-state index contributed by atoms with van der Waals surface area (Å²) < 4.78 is 0. The number of H-pyrrole nitrogens is 1. The Hall–Kier alpha value is -2.63. The Morgan fingerprint density at radius 2 is 2.15 bits per heavy atom. The number of aromatic amines is 1. The first-order valence-corrected chi connectivity index (χ1v) is 6.18. The van der Waals surface area contributed by atoms with Crippen LogP contribution in [0.2, 0.25) is 0 Å². The van der Waals surface area contributed by atoms with Crippen molar-refractivity contribution < 1.29 is 4.92 Å². The summed E-state index contributed by atoms with van der Waals surface area (Å²) in [6, 6.07) is 6.26. The Morgan fingerprint density at radius 1 is 1.40 bits per heavy atom. The van der Waals surface area contributed by atoms with Crippen LogP contribution in [0.15, 0.2) is 35.6 Å². The fourth-order valence-electron chi connectivity index (χ4n) is 2.11. The zero-order chi connectivity index (χ0) is 14.7. The predicted octanol–water partition coefficient (Wildman–Crippen LogP) is 3.38. The number of nitro benzene ring substituents is 1. The molecule has 1 aromatic heterocycles. The van der Waals surface area contributed by atoms with Crippen LogP contribution in [-0.4, -0.2) is 15.6 Å². The molecule has 0 aliphatic carbocycles. The minimum Gasteiger partial charge on any atom is -0.364 e. The fraction of sp³-hybridized carbons (Fsp3) is 0.214. The van der Waals surface area contributed by atoms with Crippen LogP contribution in [0.25, 0.3) is 0 Å². The van der Waals surface area contributed by atoms with Crippen LogP contribution in [0.3, 0.4) is 0 Å². The monoisotopic (exact) mass is 272 g/mol. The second-order valence-electron chi connectivity index (χ2n) is 4.59. The molecule has 6 nitrogen and oxygen atoms in total. The second-order valence-corrected chi connectivity index (χ2v) is 4.59. The molecule has 0 saturated heterocycles. The molecule has 104 valence electrons. The number of aromatic nitrogens is 1. The molecule has 0 saturated carbocycles. The van der Waals surface area contributed by atoms with Gasteiger partial charge in [-0.2, -0.15) is 5.10 Å². The maximum atomic E-state index is 10.7. The molecule has 2 aromatic rings. The van der Waals surface area contributed by atoms with E-state index < -0.39 is 4.92 Å².